The quantitative estimate of drug-likeness (QED) is 0.108. The summed E-state index contributed by atoms with van der Waals surface area (Å²) in [5.41, 5.74) is -2.11. The van der Waals surface area contributed by atoms with Gasteiger partial charge in [0.1, 0.15) is 23.7 Å². The Hall–Kier alpha value is -4.45. The Morgan fingerprint density at radius 2 is 1.75 bits per heavy atom. The summed E-state index contributed by atoms with van der Waals surface area (Å²) < 4.78 is 85.7. The molecule has 14 nitrogen and oxygen atoms in total. The number of allylic oxidation sites excluding steroid dienone is 5. The molecule has 332 valence electrons. The topological polar surface area (TPSA) is 182 Å². The number of alkyl halides is 3. The predicted molar refractivity (Wildman–Crippen MR) is 218 cm³/mol. The van der Waals surface area contributed by atoms with Gasteiger partial charge in [-0.05, 0) is 96.6 Å². The maximum absolute atomic E-state index is 14.9. The standard InChI is InChI=1S/C42H58F3N5O9S/c1-24(2)14-15-31(25(3)4)35(46-26(5)6)58-30-19-32-34(51)48-41(37(53)49-60(55,56)39(9)16-17-39)20-29(41)13-11-10-12-27(7)18-28(8)33(36(52)50(32)21-30)47-38(54)59-40(22-57-23-40)42(43,44)45/h11,13-15,27-30,32-33H,3,5,10,12,16-23H2,1-2,4,6-9H3,(H,47,54)(H,48,51)(H,49,53)/b13-11-,31-15+,46-35?/t27-,28-,29-,30-,32+,33+,41-/m1/s1. The molecule has 3 heterocycles. The monoisotopic (exact) mass is 865 g/mol. The van der Waals surface area contributed by atoms with Crippen LogP contribution in [0.5, 0.6) is 0 Å². The van der Waals surface area contributed by atoms with E-state index in [0.29, 0.717) is 48.9 Å². The summed E-state index contributed by atoms with van der Waals surface area (Å²) in [5.74, 6) is -3.68. The van der Waals surface area contributed by atoms with Gasteiger partial charge in [-0.25, -0.2) is 18.2 Å². The second kappa shape index (κ2) is 17.5. The Balaban J connectivity index is 1.54. The minimum atomic E-state index is -4.95. The van der Waals surface area contributed by atoms with E-state index in [2.05, 4.69) is 33.5 Å². The summed E-state index contributed by atoms with van der Waals surface area (Å²) in [6, 6.07) is -2.82. The van der Waals surface area contributed by atoms with E-state index in [-0.39, 0.29) is 31.2 Å². The number of aliphatic imine (C=N–C) groups is 1. The van der Waals surface area contributed by atoms with Crippen molar-refractivity contribution < 1.29 is 55.0 Å². The van der Waals surface area contributed by atoms with Gasteiger partial charge in [0.15, 0.2) is 0 Å². The van der Waals surface area contributed by atoms with Crippen molar-refractivity contribution in [2.24, 2.45) is 22.7 Å². The van der Waals surface area contributed by atoms with Gasteiger partial charge < -0.3 is 29.7 Å². The minimum absolute atomic E-state index is 0.0552. The normalized spacial score (nSPS) is 31.0. The molecule has 0 bridgehead atoms. The summed E-state index contributed by atoms with van der Waals surface area (Å²) >= 11 is 0. The molecule has 3 aliphatic heterocycles. The summed E-state index contributed by atoms with van der Waals surface area (Å²) in [4.78, 5) is 62.4. The first-order valence-electron chi connectivity index (χ1n) is 20.3. The maximum atomic E-state index is 14.9. The van der Waals surface area contributed by atoms with Crippen molar-refractivity contribution in [2.45, 2.75) is 134 Å². The van der Waals surface area contributed by atoms with Crippen LogP contribution in [-0.4, -0.2) is 103 Å². The number of amides is 4. The molecule has 5 aliphatic rings. The number of nitrogens with one attached hydrogen (secondary N) is 3. The van der Waals surface area contributed by atoms with Crippen LogP contribution in [0.3, 0.4) is 0 Å². The lowest BCUT2D eigenvalue weighted by molar-refractivity contribution is -0.331. The Bertz CT molecular complexity index is 2000. The van der Waals surface area contributed by atoms with E-state index >= 15 is 0 Å². The highest BCUT2D eigenvalue weighted by Crippen LogP contribution is 2.48. The van der Waals surface area contributed by atoms with E-state index < -0.39 is 99.1 Å². The highest BCUT2D eigenvalue weighted by atomic mass is 32.2. The third-order valence-corrected chi connectivity index (χ3v) is 14.0. The second-order valence-corrected chi connectivity index (χ2v) is 19.9. The van der Waals surface area contributed by atoms with E-state index in [1.165, 1.54) is 11.8 Å². The average Bonchev–Trinajstić information content (AvgIpc) is 3.99. The van der Waals surface area contributed by atoms with Crippen molar-refractivity contribution in [3.63, 3.8) is 0 Å². The second-order valence-electron chi connectivity index (χ2n) is 17.7. The number of alkyl carbamates (subject to hydrolysis) is 1. The van der Waals surface area contributed by atoms with E-state index in [9.17, 15) is 40.8 Å². The number of hydrogen-bond donors (Lipinski definition) is 3. The minimum Gasteiger partial charge on any atom is -0.472 e. The van der Waals surface area contributed by atoms with Crippen LogP contribution in [0.2, 0.25) is 0 Å². The molecular formula is C42H58F3N5O9S. The van der Waals surface area contributed by atoms with Gasteiger partial charge >= 0.3 is 12.3 Å². The van der Waals surface area contributed by atoms with Crippen LogP contribution >= 0.6 is 0 Å². The molecule has 0 unspecified atom stereocenters. The van der Waals surface area contributed by atoms with Crippen molar-refractivity contribution in [2.75, 3.05) is 19.8 Å². The van der Waals surface area contributed by atoms with E-state index in [1.807, 2.05) is 32.9 Å². The Morgan fingerprint density at radius 1 is 1.08 bits per heavy atom. The van der Waals surface area contributed by atoms with Crippen LogP contribution in [0.4, 0.5) is 18.0 Å². The van der Waals surface area contributed by atoms with Gasteiger partial charge in [-0.1, -0.05) is 50.8 Å². The van der Waals surface area contributed by atoms with Crippen LogP contribution in [-0.2, 0) is 38.6 Å². The fourth-order valence-electron chi connectivity index (χ4n) is 7.63. The van der Waals surface area contributed by atoms with Gasteiger partial charge in [0.05, 0.1) is 24.5 Å². The SMILES string of the molecule is C=C(C)N=C(O[C@@H]1C[C@H]2C(=O)N[C@]3(C(=O)NS(=O)(=O)C4(C)CC4)C[C@H]3/C=C\CC[C@@H](C)C[C@@H](C)[C@H](NC(=O)OC3(C(F)(F)F)COC3)C(=O)N2C1)/C(=C/C=C(C)C)C(=C)C. The van der Waals surface area contributed by atoms with Gasteiger partial charge in [0, 0.05) is 23.6 Å². The Labute approximate surface area is 350 Å². The van der Waals surface area contributed by atoms with Gasteiger partial charge in [-0.3, -0.25) is 19.1 Å². The Morgan fingerprint density at radius 3 is 2.30 bits per heavy atom. The zero-order chi connectivity index (χ0) is 44.6. The summed E-state index contributed by atoms with van der Waals surface area (Å²) in [6.45, 7) is 18.2. The smallest absolute Gasteiger partial charge is 0.433 e. The molecule has 2 aliphatic carbocycles. The fraction of sp³-hybridized carbons (Fsp3) is 0.643. The van der Waals surface area contributed by atoms with Gasteiger partial charge in [-0.15, -0.1) is 0 Å². The lowest BCUT2D eigenvalue weighted by Gasteiger charge is -2.41. The first-order valence-corrected chi connectivity index (χ1v) is 21.7. The predicted octanol–water partition coefficient (Wildman–Crippen LogP) is 5.69. The van der Waals surface area contributed by atoms with Crippen LogP contribution < -0.4 is 15.4 Å². The van der Waals surface area contributed by atoms with Crippen LogP contribution in [0.15, 0.2) is 64.9 Å². The molecule has 4 fully saturated rings. The number of nitrogens with zero attached hydrogens (tertiary/aromatic N) is 2. The summed E-state index contributed by atoms with van der Waals surface area (Å²) in [7, 11) is -4.09. The molecule has 3 N–H and O–H groups in total. The number of fused-ring (bicyclic) bond motifs is 2. The molecule has 60 heavy (non-hydrogen) atoms. The largest absolute Gasteiger partial charge is 0.472 e. The lowest BCUT2D eigenvalue weighted by Crippen LogP contribution is -2.65. The van der Waals surface area contributed by atoms with Crippen molar-refractivity contribution in [3.8, 4) is 0 Å². The molecule has 2 saturated heterocycles. The van der Waals surface area contributed by atoms with E-state index in [4.69, 9.17) is 14.2 Å². The zero-order valence-electron chi connectivity index (χ0n) is 35.4. The number of halogens is 3. The highest BCUT2D eigenvalue weighted by molar-refractivity contribution is 7.91. The molecule has 0 spiro atoms. The molecule has 2 saturated carbocycles. The van der Waals surface area contributed by atoms with Crippen molar-refractivity contribution in [1.82, 2.24) is 20.3 Å². The number of carbonyl (C=O) groups excluding carboxylic acids is 4. The summed E-state index contributed by atoms with van der Waals surface area (Å²) in [6.07, 6.45) is 2.04. The lowest BCUT2D eigenvalue weighted by atomic mass is 9.88. The molecular weight excluding hydrogens is 808 g/mol. The van der Waals surface area contributed by atoms with Crippen molar-refractivity contribution >= 4 is 39.7 Å². The zero-order valence-corrected chi connectivity index (χ0v) is 36.2. The molecule has 4 amide bonds. The number of ether oxygens (including phenoxy) is 3. The molecule has 7 atom stereocenters. The van der Waals surface area contributed by atoms with Gasteiger partial charge in [-0.2, -0.15) is 13.2 Å². The number of hydrogen-bond acceptors (Lipinski definition) is 10. The van der Waals surface area contributed by atoms with Crippen LogP contribution in [0, 0.1) is 17.8 Å². The molecule has 18 heteroatoms. The third kappa shape index (κ3) is 10.2. The molecule has 0 aromatic heterocycles. The van der Waals surface area contributed by atoms with Crippen molar-refractivity contribution in [3.05, 3.63) is 59.9 Å². The average molecular weight is 866 g/mol. The van der Waals surface area contributed by atoms with E-state index in [1.54, 1.807) is 32.9 Å². The molecule has 0 aromatic carbocycles. The number of sulfonamides is 1. The van der Waals surface area contributed by atoms with Gasteiger partial charge in [0.2, 0.25) is 27.7 Å². The Kier molecular flexibility index (Phi) is 13.6. The van der Waals surface area contributed by atoms with E-state index in [0.717, 1.165) is 5.57 Å². The maximum Gasteiger partial charge on any atom is 0.433 e. The van der Waals surface area contributed by atoms with Crippen LogP contribution in [0.25, 0.3) is 0 Å². The highest BCUT2D eigenvalue weighted by Gasteiger charge is 2.65. The molecule has 5 rings (SSSR count). The summed E-state index contributed by atoms with van der Waals surface area (Å²) in [5, 5.41) is 5.19. The van der Waals surface area contributed by atoms with Crippen LogP contribution in [0.1, 0.15) is 93.4 Å². The fourth-order valence-corrected chi connectivity index (χ4v) is 8.94. The molecule has 0 radical (unpaired) electrons. The molecule has 0 aromatic rings. The third-order valence-electron chi connectivity index (χ3n) is 11.8. The van der Waals surface area contributed by atoms with Gasteiger partial charge in [0.25, 0.3) is 11.5 Å². The first-order chi connectivity index (χ1) is 27.8. The first kappa shape index (κ1) is 46.6. The van der Waals surface area contributed by atoms with Crippen molar-refractivity contribution in [1.29, 1.82) is 0 Å². The number of carbonyl (C=O) groups is 4. The number of rotatable bonds is 10.